The second kappa shape index (κ2) is 9.96. The summed E-state index contributed by atoms with van der Waals surface area (Å²) in [6.07, 6.45) is 8.09. The van der Waals surface area contributed by atoms with Crippen molar-refractivity contribution in [3.05, 3.63) is 52.4 Å². The summed E-state index contributed by atoms with van der Waals surface area (Å²) in [5.74, 6) is 0.758. The zero-order valence-corrected chi connectivity index (χ0v) is 24.1. The molecule has 2 fully saturated rings. The predicted octanol–water partition coefficient (Wildman–Crippen LogP) is 3.98. The topological polar surface area (TPSA) is 143 Å². The molecule has 10 nitrogen and oxygen atoms in total. The molecule has 0 radical (unpaired) electrons. The molecule has 41 heavy (non-hydrogen) atoms. The van der Waals surface area contributed by atoms with E-state index in [1.54, 1.807) is 10.6 Å². The Hall–Kier alpha value is -3.21. The second-order valence-corrected chi connectivity index (χ2v) is 12.9. The Labute approximate surface area is 239 Å². The Kier molecular flexibility index (Phi) is 6.79. The van der Waals surface area contributed by atoms with Crippen molar-refractivity contribution in [3.63, 3.8) is 0 Å². The number of imidazole rings is 1. The van der Waals surface area contributed by atoms with Crippen molar-refractivity contribution in [3.8, 4) is 17.2 Å². The molecule has 2 aromatic heterocycles. The lowest BCUT2D eigenvalue weighted by Crippen LogP contribution is -2.50. The fraction of sp³-hybridized carbons (Fsp3) is 0.581. The molecule has 2 aliphatic carbocycles. The van der Waals surface area contributed by atoms with Gasteiger partial charge >= 0.3 is 0 Å². The Morgan fingerprint density at radius 1 is 1.15 bits per heavy atom. The van der Waals surface area contributed by atoms with E-state index in [2.05, 4.69) is 43.7 Å². The monoisotopic (exact) mass is 564 g/mol. The van der Waals surface area contributed by atoms with Crippen molar-refractivity contribution < 1.29 is 25.2 Å². The highest BCUT2D eigenvalue weighted by atomic mass is 16.5. The molecule has 0 bridgehead atoms. The molecule has 4 N–H and O–H groups in total. The van der Waals surface area contributed by atoms with Gasteiger partial charge in [0.15, 0.2) is 11.2 Å². The number of aromatic hydroxyl groups is 2. The van der Waals surface area contributed by atoms with Gasteiger partial charge in [0.2, 0.25) is 0 Å². The molecule has 6 rings (SSSR count). The zero-order valence-electron chi connectivity index (χ0n) is 24.1. The maximum Gasteiger partial charge on any atom is 0.286 e. The van der Waals surface area contributed by atoms with Gasteiger partial charge in [-0.25, -0.2) is 9.97 Å². The van der Waals surface area contributed by atoms with Gasteiger partial charge in [0.05, 0.1) is 24.7 Å². The SMILES string of the molecule is CC1=CCC[C@H]2[C@](C)(Cc3cc(O)cc(-n4cnc5c(ncn5[C@H]5C[C@H](O)[C@@H](CO)O5)c4=O)c3O)[C@@H](C)CC[C@]12C. The normalized spacial score (nSPS) is 33.6. The van der Waals surface area contributed by atoms with Gasteiger partial charge in [-0.05, 0) is 67.8 Å². The van der Waals surface area contributed by atoms with E-state index in [1.165, 1.54) is 28.9 Å². The summed E-state index contributed by atoms with van der Waals surface area (Å²) in [6, 6.07) is 2.98. The lowest BCUT2D eigenvalue weighted by Gasteiger charge is -2.58. The minimum Gasteiger partial charge on any atom is -0.508 e. The Balaban J connectivity index is 1.38. The minimum atomic E-state index is -0.842. The van der Waals surface area contributed by atoms with Gasteiger partial charge in [-0.3, -0.25) is 13.9 Å². The fourth-order valence-electron chi connectivity index (χ4n) is 7.94. The van der Waals surface area contributed by atoms with Crippen LogP contribution in [0.1, 0.15) is 71.6 Å². The number of ether oxygens (including phenoxy) is 1. The highest BCUT2D eigenvalue weighted by molar-refractivity contribution is 5.70. The zero-order chi connectivity index (χ0) is 29.3. The van der Waals surface area contributed by atoms with Gasteiger partial charge in [0.1, 0.15) is 30.2 Å². The van der Waals surface area contributed by atoms with Crippen LogP contribution in [0.25, 0.3) is 16.9 Å². The molecular formula is C31H40N4O6. The summed E-state index contributed by atoms with van der Waals surface area (Å²) < 4.78 is 8.50. The summed E-state index contributed by atoms with van der Waals surface area (Å²) in [4.78, 5) is 22.3. The molecule has 0 spiro atoms. The molecule has 1 aliphatic heterocycles. The lowest BCUT2D eigenvalue weighted by molar-refractivity contribution is -0.0432. The van der Waals surface area contributed by atoms with Crippen LogP contribution in [0.2, 0.25) is 0 Å². The van der Waals surface area contributed by atoms with Crippen molar-refractivity contribution >= 4 is 11.2 Å². The van der Waals surface area contributed by atoms with E-state index in [-0.39, 0.29) is 52.2 Å². The molecule has 1 aromatic carbocycles. The van der Waals surface area contributed by atoms with Gasteiger partial charge in [-0.15, -0.1) is 0 Å². The van der Waals surface area contributed by atoms with E-state index in [1.807, 2.05) is 0 Å². The van der Waals surface area contributed by atoms with Crippen molar-refractivity contribution in [2.75, 3.05) is 6.61 Å². The van der Waals surface area contributed by atoms with Crippen LogP contribution < -0.4 is 5.56 Å². The first kappa shape index (κ1) is 27.9. The number of hydrogen-bond donors (Lipinski definition) is 4. The quantitative estimate of drug-likeness (QED) is 0.269. The number of benzene rings is 1. The Morgan fingerprint density at radius 3 is 2.66 bits per heavy atom. The van der Waals surface area contributed by atoms with Crippen LogP contribution in [-0.4, -0.2) is 58.3 Å². The largest absolute Gasteiger partial charge is 0.508 e. The van der Waals surface area contributed by atoms with Crippen molar-refractivity contribution in [2.24, 2.45) is 22.7 Å². The number of phenolic OH excluding ortho intramolecular Hbond substituents is 2. The van der Waals surface area contributed by atoms with Crippen molar-refractivity contribution in [1.82, 2.24) is 19.1 Å². The molecular weight excluding hydrogens is 524 g/mol. The number of phenols is 2. The van der Waals surface area contributed by atoms with E-state index in [9.17, 15) is 25.2 Å². The van der Waals surface area contributed by atoms with E-state index in [4.69, 9.17) is 4.74 Å². The molecule has 7 atom stereocenters. The highest BCUT2D eigenvalue weighted by Crippen LogP contribution is 2.61. The minimum absolute atomic E-state index is 0.0386. The van der Waals surface area contributed by atoms with E-state index < -0.39 is 24.0 Å². The number of aliphatic hydroxyl groups excluding tert-OH is 2. The first-order valence-electron chi connectivity index (χ1n) is 14.6. The van der Waals surface area contributed by atoms with Crippen LogP contribution >= 0.6 is 0 Å². The molecule has 0 amide bonds. The van der Waals surface area contributed by atoms with Crippen molar-refractivity contribution in [2.45, 2.75) is 84.7 Å². The smallest absolute Gasteiger partial charge is 0.286 e. The number of rotatable bonds is 5. The fourth-order valence-corrected chi connectivity index (χ4v) is 7.94. The molecule has 3 heterocycles. The number of allylic oxidation sites excluding steroid dienone is 2. The van der Waals surface area contributed by atoms with Crippen LogP contribution in [0.3, 0.4) is 0 Å². The third kappa shape index (κ3) is 4.30. The molecule has 3 aromatic rings. The first-order valence-corrected chi connectivity index (χ1v) is 14.6. The summed E-state index contributed by atoms with van der Waals surface area (Å²) >= 11 is 0. The number of fused-ring (bicyclic) bond motifs is 2. The van der Waals surface area contributed by atoms with Crippen LogP contribution in [0.15, 0.2) is 41.2 Å². The van der Waals surface area contributed by atoms with E-state index >= 15 is 0 Å². The van der Waals surface area contributed by atoms with E-state index in [0.717, 1.165) is 25.7 Å². The lowest BCUT2D eigenvalue weighted by atomic mass is 9.47. The van der Waals surface area contributed by atoms with Crippen LogP contribution in [-0.2, 0) is 11.2 Å². The van der Waals surface area contributed by atoms with Gasteiger partial charge in [-0.2, -0.15) is 0 Å². The maximum absolute atomic E-state index is 13.6. The van der Waals surface area contributed by atoms with Crippen LogP contribution in [0.4, 0.5) is 0 Å². The number of hydrogen-bond acceptors (Lipinski definition) is 8. The van der Waals surface area contributed by atoms with Gasteiger partial charge in [-0.1, -0.05) is 32.4 Å². The molecule has 220 valence electrons. The molecule has 0 unspecified atom stereocenters. The number of nitrogens with zero attached hydrogens (tertiary/aromatic N) is 4. The average Bonchev–Trinajstić information content (AvgIpc) is 3.54. The first-order chi connectivity index (χ1) is 19.5. The number of aromatic nitrogens is 4. The van der Waals surface area contributed by atoms with Crippen LogP contribution in [0.5, 0.6) is 11.5 Å². The predicted molar refractivity (Wildman–Crippen MR) is 153 cm³/mol. The highest BCUT2D eigenvalue weighted by Gasteiger charge is 2.53. The van der Waals surface area contributed by atoms with Gasteiger partial charge < -0.3 is 25.2 Å². The van der Waals surface area contributed by atoms with Crippen molar-refractivity contribution in [1.29, 1.82) is 0 Å². The Bertz CT molecular complexity index is 1580. The third-order valence-electron chi connectivity index (χ3n) is 10.8. The Morgan fingerprint density at radius 2 is 1.93 bits per heavy atom. The summed E-state index contributed by atoms with van der Waals surface area (Å²) in [6.45, 7) is 8.91. The molecule has 3 aliphatic rings. The molecule has 1 saturated heterocycles. The third-order valence-corrected chi connectivity index (χ3v) is 10.8. The summed E-state index contributed by atoms with van der Waals surface area (Å²) in [7, 11) is 0. The summed E-state index contributed by atoms with van der Waals surface area (Å²) in [5, 5.41) is 41.9. The number of aliphatic hydroxyl groups is 2. The second-order valence-electron chi connectivity index (χ2n) is 12.9. The van der Waals surface area contributed by atoms with E-state index in [0.29, 0.717) is 23.8 Å². The average molecular weight is 565 g/mol. The summed E-state index contributed by atoms with van der Waals surface area (Å²) in [5.41, 5.74) is 2.02. The van der Waals surface area contributed by atoms with Gasteiger partial charge in [0, 0.05) is 18.1 Å². The maximum atomic E-state index is 13.6. The molecule has 10 heteroatoms. The standard InChI is InChI=1S/C31H40N4O6/c1-17-6-5-7-24-30(17,3)9-8-18(2)31(24,4)13-19-10-20(37)11-21(27(19)39)34-16-33-28-26(29(34)40)32-15-35(28)25-12-22(38)23(14-36)41-25/h6,10-11,15-16,18,22-25,36-39H,5,7-9,12-14H2,1-4H3/t18-,22-,23+,24+,25+,30+,31+/m0/s1. The molecule has 1 saturated carbocycles. The van der Waals surface area contributed by atoms with Crippen LogP contribution in [0, 0.1) is 22.7 Å². The van der Waals surface area contributed by atoms with Gasteiger partial charge in [0.25, 0.3) is 5.56 Å².